The molecule has 2 unspecified atom stereocenters. The Labute approximate surface area is 140 Å². The van der Waals surface area contributed by atoms with Crippen molar-refractivity contribution in [2.75, 3.05) is 0 Å². The van der Waals surface area contributed by atoms with Gasteiger partial charge in [0.25, 0.3) is 0 Å². The third-order valence-electron chi connectivity index (χ3n) is 4.17. The molecule has 2 atom stereocenters. The minimum atomic E-state index is -0.627. The number of aryl methyl sites for hydroxylation is 1. The molecule has 128 valence electrons. The first kappa shape index (κ1) is 17.7. The smallest absolute Gasteiger partial charge is 0.309 e. The van der Waals surface area contributed by atoms with Crippen molar-refractivity contribution in [3.05, 3.63) is 57.4 Å². The third kappa shape index (κ3) is 3.61. The number of aromatic nitrogens is 2. The summed E-state index contributed by atoms with van der Waals surface area (Å²) in [5.74, 6) is -0.219. The first-order valence-electron chi connectivity index (χ1n) is 7.90. The first-order chi connectivity index (χ1) is 11.3. The summed E-state index contributed by atoms with van der Waals surface area (Å²) < 4.78 is 1.38. The van der Waals surface area contributed by atoms with E-state index in [-0.39, 0.29) is 17.6 Å². The van der Waals surface area contributed by atoms with Gasteiger partial charge in [0.15, 0.2) is 0 Å². The second-order valence-electron chi connectivity index (χ2n) is 5.87. The van der Waals surface area contributed by atoms with Crippen LogP contribution in [-0.4, -0.2) is 20.6 Å². The SMILES string of the molecule is CCC(NC(=O)C(C)n1ncc([N+](=O)[O-])c1C)c1ccc(C)cc1. The number of nitro groups is 1. The summed E-state index contributed by atoms with van der Waals surface area (Å²) in [6, 6.07) is 7.28. The lowest BCUT2D eigenvalue weighted by Gasteiger charge is -2.21. The summed E-state index contributed by atoms with van der Waals surface area (Å²) in [4.78, 5) is 23.0. The van der Waals surface area contributed by atoms with Crippen molar-refractivity contribution in [2.45, 2.75) is 46.2 Å². The van der Waals surface area contributed by atoms with Gasteiger partial charge in [0.2, 0.25) is 5.91 Å². The van der Waals surface area contributed by atoms with E-state index in [2.05, 4.69) is 10.4 Å². The van der Waals surface area contributed by atoms with Crippen molar-refractivity contribution < 1.29 is 9.72 Å². The van der Waals surface area contributed by atoms with Crippen LogP contribution in [0.2, 0.25) is 0 Å². The van der Waals surface area contributed by atoms with Gasteiger partial charge < -0.3 is 5.32 Å². The van der Waals surface area contributed by atoms with Crippen LogP contribution in [0.3, 0.4) is 0 Å². The average Bonchev–Trinajstić information content (AvgIpc) is 2.94. The van der Waals surface area contributed by atoms with Crippen LogP contribution in [0.4, 0.5) is 5.69 Å². The number of hydrogen-bond acceptors (Lipinski definition) is 4. The van der Waals surface area contributed by atoms with E-state index in [1.807, 2.05) is 38.1 Å². The molecule has 1 N–H and O–H groups in total. The highest BCUT2D eigenvalue weighted by molar-refractivity contribution is 5.80. The van der Waals surface area contributed by atoms with E-state index >= 15 is 0 Å². The number of amides is 1. The Morgan fingerprint density at radius 3 is 2.46 bits per heavy atom. The van der Waals surface area contributed by atoms with Gasteiger partial charge in [-0.1, -0.05) is 36.8 Å². The lowest BCUT2D eigenvalue weighted by atomic mass is 10.0. The molecule has 0 fully saturated rings. The van der Waals surface area contributed by atoms with Crippen LogP contribution in [0.1, 0.15) is 49.2 Å². The normalized spacial score (nSPS) is 13.3. The number of carbonyl (C=O) groups is 1. The fourth-order valence-corrected chi connectivity index (χ4v) is 2.61. The van der Waals surface area contributed by atoms with Gasteiger partial charge in [-0.05, 0) is 32.8 Å². The lowest BCUT2D eigenvalue weighted by Crippen LogP contribution is -2.34. The fraction of sp³-hybridized carbons (Fsp3) is 0.412. The average molecular weight is 330 g/mol. The van der Waals surface area contributed by atoms with Gasteiger partial charge in [-0.2, -0.15) is 5.10 Å². The van der Waals surface area contributed by atoms with E-state index < -0.39 is 11.0 Å². The van der Waals surface area contributed by atoms with Crippen LogP contribution in [0.5, 0.6) is 0 Å². The molecule has 2 aromatic rings. The van der Waals surface area contributed by atoms with Gasteiger partial charge in [0.05, 0.1) is 11.0 Å². The van der Waals surface area contributed by atoms with Gasteiger partial charge in [-0.15, -0.1) is 0 Å². The van der Waals surface area contributed by atoms with Crippen molar-refractivity contribution in [2.24, 2.45) is 0 Å². The Balaban J connectivity index is 2.15. The van der Waals surface area contributed by atoms with Crippen LogP contribution in [0.25, 0.3) is 0 Å². The molecular formula is C17H22N4O3. The van der Waals surface area contributed by atoms with Crippen molar-refractivity contribution in [3.8, 4) is 0 Å². The zero-order valence-corrected chi connectivity index (χ0v) is 14.3. The Morgan fingerprint density at radius 1 is 1.33 bits per heavy atom. The molecule has 7 nitrogen and oxygen atoms in total. The summed E-state index contributed by atoms with van der Waals surface area (Å²) in [6.45, 7) is 7.28. The minimum Gasteiger partial charge on any atom is -0.347 e. The molecule has 7 heteroatoms. The summed E-state index contributed by atoms with van der Waals surface area (Å²) in [7, 11) is 0. The monoisotopic (exact) mass is 330 g/mol. The molecule has 0 saturated heterocycles. The van der Waals surface area contributed by atoms with Gasteiger partial charge in [-0.3, -0.25) is 19.6 Å². The first-order valence-corrected chi connectivity index (χ1v) is 7.90. The zero-order chi connectivity index (χ0) is 17.9. The minimum absolute atomic E-state index is 0.0831. The quantitative estimate of drug-likeness (QED) is 0.650. The van der Waals surface area contributed by atoms with Gasteiger partial charge >= 0.3 is 5.69 Å². The number of nitrogens with one attached hydrogen (secondary N) is 1. The van der Waals surface area contributed by atoms with E-state index in [4.69, 9.17) is 0 Å². The molecule has 0 saturated carbocycles. The van der Waals surface area contributed by atoms with Crippen LogP contribution in [-0.2, 0) is 4.79 Å². The third-order valence-corrected chi connectivity index (χ3v) is 4.17. The molecule has 0 radical (unpaired) electrons. The van der Waals surface area contributed by atoms with Crippen LogP contribution in [0.15, 0.2) is 30.5 Å². The topological polar surface area (TPSA) is 90.1 Å². The number of rotatable bonds is 6. The Hall–Kier alpha value is -2.70. The summed E-state index contributed by atoms with van der Waals surface area (Å²) in [5, 5.41) is 17.9. The molecule has 0 bridgehead atoms. The Morgan fingerprint density at radius 2 is 1.96 bits per heavy atom. The van der Waals surface area contributed by atoms with Gasteiger partial charge in [0.1, 0.15) is 17.9 Å². The molecule has 24 heavy (non-hydrogen) atoms. The molecule has 1 heterocycles. The van der Waals surface area contributed by atoms with Crippen molar-refractivity contribution in [3.63, 3.8) is 0 Å². The van der Waals surface area contributed by atoms with Crippen molar-refractivity contribution in [1.29, 1.82) is 0 Å². The van der Waals surface area contributed by atoms with E-state index in [0.717, 1.165) is 17.5 Å². The standard InChI is InChI=1S/C17H22N4O3/c1-5-15(14-8-6-11(2)7-9-14)19-17(22)13(4)20-12(3)16(10-18-20)21(23)24/h6-10,13,15H,5H2,1-4H3,(H,19,22). The van der Waals surface area contributed by atoms with E-state index in [0.29, 0.717) is 5.69 Å². The molecule has 1 amide bonds. The largest absolute Gasteiger partial charge is 0.347 e. The molecule has 0 aliphatic carbocycles. The summed E-state index contributed by atoms with van der Waals surface area (Å²) >= 11 is 0. The maximum Gasteiger partial charge on any atom is 0.309 e. The molecule has 1 aromatic carbocycles. The second kappa shape index (κ2) is 7.25. The number of hydrogen-bond donors (Lipinski definition) is 1. The van der Waals surface area contributed by atoms with Crippen LogP contribution < -0.4 is 5.32 Å². The molecule has 0 spiro atoms. The molecular weight excluding hydrogens is 308 g/mol. The lowest BCUT2D eigenvalue weighted by molar-refractivity contribution is -0.385. The fourth-order valence-electron chi connectivity index (χ4n) is 2.61. The van der Waals surface area contributed by atoms with Crippen molar-refractivity contribution >= 4 is 11.6 Å². The molecule has 2 rings (SSSR count). The highest BCUT2D eigenvalue weighted by Gasteiger charge is 2.25. The van der Waals surface area contributed by atoms with Crippen molar-refractivity contribution in [1.82, 2.24) is 15.1 Å². The zero-order valence-electron chi connectivity index (χ0n) is 14.3. The van der Waals surface area contributed by atoms with E-state index in [1.54, 1.807) is 13.8 Å². The molecule has 0 aliphatic heterocycles. The predicted molar refractivity (Wildman–Crippen MR) is 90.7 cm³/mol. The van der Waals surface area contributed by atoms with E-state index in [1.165, 1.54) is 10.9 Å². The Kier molecular flexibility index (Phi) is 5.33. The number of benzene rings is 1. The maximum atomic E-state index is 12.5. The van der Waals surface area contributed by atoms with E-state index in [9.17, 15) is 14.9 Å². The highest BCUT2D eigenvalue weighted by atomic mass is 16.6. The Bertz CT molecular complexity index is 737. The summed E-state index contributed by atoms with van der Waals surface area (Å²) in [5.41, 5.74) is 2.48. The van der Waals surface area contributed by atoms with Gasteiger partial charge in [-0.25, -0.2) is 0 Å². The number of carbonyl (C=O) groups excluding carboxylic acids is 1. The molecule has 0 aliphatic rings. The maximum absolute atomic E-state index is 12.5. The highest BCUT2D eigenvalue weighted by Crippen LogP contribution is 2.22. The van der Waals surface area contributed by atoms with Gasteiger partial charge in [0, 0.05) is 0 Å². The predicted octanol–water partition coefficient (Wildman–Crippen LogP) is 3.24. The number of nitrogens with zero attached hydrogens (tertiary/aromatic N) is 3. The van der Waals surface area contributed by atoms with Crippen LogP contribution in [0, 0.1) is 24.0 Å². The molecule has 1 aromatic heterocycles. The van der Waals surface area contributed by atoms with Crippen LogP contribution >= 0.6 is 0 Å². The second-order valence-corrected chi connectivity index (χ2v) is 5.87. The summed E-state index contributed by atoms with van der Waals surface area (Å²) in [6.07, 6.45) is 1.93.